The molecular weight excluding hydrogens is 637 g/mol. The number of rotatable bonds is 14. The number of alkyl carbamates (subject to hydrolysis) is 1. The van der Waals surface area contributed by atoms with Crippen LogP contribution in [0.5, 0.6) is 0 Å². The second-order valence-electron chi connectivity index (χ2n) is 10.7. The van der Waals surface area contributed by atoms with Crippen LogP contribution in [0.25, 0.3) is 0 Å². The van der Waals surface area contributed by atoms with Gasteiger partial charge in [-0.25, -0.2) is 14.4 Å². The molecule has 0 saturated carbocycles. The van der Waals surface area contributed by atoms with Crippen LogP contribution >= 0.6 is 0 Å². The summed E-state index contributed by atoms with van der Waals surface area (Å²) in [6, 6.07) is 21.7. The molecule has 1 aliphatic heterocycles. The van der Waals surface area contributed by atoms with E-state index in [9.17, 15) is 32.3 Å². The van der Waals surface area contributed by atoms with Crippen LogP contribution in [0.3, 0.4) is 0 Å². The van der Waals surface area contributed by atoms with Gasteiger partial charge in [-0.05, 0) is 36.0 Å². The van der Waals surface area contributed by atoms with Gasteiger partial charge in [0.1, 0.15) is 25.9 Å². The summed E-state index contributed by atoms with van der Waals surface area (Å²) < 4.78 is 67.0. The average molecular weight is 673 g/mol. The Morgan fingerprint density at radius 1 is 0.750 bits per heavy atom. The number of hydrogen-bond acceptors (Lipinski definition) is 9. The number of halogens is 3. The molecule has 3 unspecified atom stereocenters. The molecule has 0 aliphatic carbocycles. The number of amides is 2. The molecule has 256 valence electrons. The Hall–Kier alpha value is -4.95. The second kappa shape index (κ2) is 17.8. The van der Waals surface area contributed by atoms with Crippen molar-refractivity contribution in [1.82, 2.24) is 10.6 Å². The summed E-state index contributed by atoms with van der Waals surface area (Å²) in [6.07, 6.45) is -6.29. The van der Waals surface area contributed by atoms with Gasteiger partial charge in [0, 0.05) is 6.61 Å². The van der Waals surface area contributed by atoms with Crippen molar-refractivity contribution in [2.24, 2.45) is 0 Å². The van der Waals surface area contributed by atoms with E-state index in [0.717, 1.165) is 12.8 Å². The molecule has 1 aliphatic rings. The highest BCUT2D eigenvalue weighted by Gasteiger charge is 2.42. The predicted molar refractivity (Wildman–Crippen MR) is 163 cm³/mol. The summed E-state index contributed by atoms with van der Waals surface area (Å²) in [7, 11) is 0. The van der Waals surface area contributed by atoms with E-state index < -0.39 is 61.2 Å². The fraction of sp³-hybridized carbons (Fsp3) is 0.353. The molecule has 1 saturated heterocycles. The molecule has 2 amide bonds. The first-order valence-corrected chi connectivity index (χ1v) is 15.1. The molecule has 0 spiro atoms. The summed E-state index contributed by atoms with van der Waals surface area (Å²) in [4.78, 5) is 51.3. The SMILES string of the molecule is O=C(NC(C(=O)OC[C@H](NC(=O)C(F)(F)F)C(=O)OCc1ccccc1)C(OC1CCCCO1)c1ccccc1)OCc1ccccc1. The van der Waals surface area contributed by atoms with Gasteiger partial charge < -0.3 is 34.3 Å². The summed E-state index contributed by atoms with van der Waals surface area (Å²) in [5.74, 6) is -4.93. The van der Waals surface area contributed by atoms with Crippen LogP contribution in [-0.2, 0) is 51.3 Å². The zero-order valence-corrected chi connectivity index (χ0v) is 25.7. The highest BCUT2D eigenvalue weighted by molar-refractivity contribution is 5.88. The number of nitrogens with one attached hydrogen (secondary N) is 2. The number of hydrogen-bond donors (Lipinski definition) is 2. The molecular formula is C34H35F3N2O9. The minimum Gasteiger partial charge on any atom is -0.461 e. The molecule has 11 nitrogen and oxygen atoms in total. The van der Waals surface area contributed by atoms with Gasteiger partial charge in [-0.3, -0.25) is 4.79 Å². The molecule has 48 heavy (non-hydrogen) atoms. The lowest BCUT2D eigenvalue weighted by Gasteiger charge is -2.32. The normalized spacial score (nSPS) is 16.4. The monoisotopic (exact) mass is 672 g/mol. The Balaban J connectivity index is 1.55. The lowest BCUT2D eigenvalue weighted by Crippen LogP contribution is -2.52. The van der Waals surface area contributed by atoms with Gasteiger partial charge in [0.15, 0.2) is 18.4 Å². The summed E-state index contributed by atoms with van der Waals surface area (Å²) in [5.41, 5.74) is 1.62. The van der Waals surface area contributed by atoms with Crippen LogP contribution in [0.15, 0.2) is 91.0 Å². The number of carbonyl (C=O) groups is 4. The quantitative estimate of drug-likeness (QED) is 0.181. The molecule has 1 fully saturated rings. The number of ether oxygens (including phenoxy) is 5. The van der Waals surface area contributed by atoms with Crippen molar-refractivity contribution in [1.29, 1.82) is 0 Å². The molecule has 2 N–H and O–H groups in total. The molecule has 3 aromatic carbocycles. The highest BCUT2D eigenvalue weighted by atomic mass is 19.4. The van der Waals surface area contributed by atoms with Crippen LogP contribution in [0.4, 0.5) is 18.0 Å². The lowest BCUT2D eigenvalue weighted by molar-refractivity contribution is -0.200. The van der Waals surface area contributed by atoms with Gasteiger partial charge in [-0.2, -0.15) is 13.2 Å². The average Bonchev–Trinajstić information content (AvgIpc) is 3.10. The number of carbonyl (C=O) groups excluding carboxylic acids is 4. The standard InChI is InChI=1S/C34H35F3N2O9/c35-34(36,37)32(42)38-26(30(40)45-20-23-12-4-1-5-13-23)22-46-31(41)28(39-33(43)47-21-24-14-6-2-7-15-24)29(25-16-8-3-9-17-25)48-27-18-10-11-19-44-27/h1-9,12-17,26-29H,10-11,18-22H2,(H,38,42)(H,39,43)/t26-,27?,28?,29?/m0/s1. The minimum absolute atomic E-state index is 0.143. The highest BCUT2D eigenvalue weighted by Crippen LogP contribution is 2.28. The van der Waals surface area contributed by atoms with Crippen molar-refractivity contribution in [3.63, 3.8) is 0 Å². The van der Waals surface area contributed by atoms with Gasteiger partial charge in [0.25, 0.3) is 0 Å². The number of alkyl halides is 3. The van der Waals surface area contributed by atoms with Crippen molar-refractivity contribution < 1.29 is 56.0 Å². The Bertz CT molecular complexity index is 1470. The van der Waals surface area contributed by atoms with E-state index in [1.54, 1.807) is 91.0 Å². The van der Waals surface area contributed by atoms with Crippen molar-refractivity contribution in [3.05, 3.63) is 108 Å². The fourth-order valence-corrected chi connectivity index (χ4v) is 4.62. The number of esters is 2. The van der Waals surface area contributed by atoms with E-state index >= 15 is 0 Å². The van der Waals surface area contributed by atoms with Gasteiger partial charge in [0.2, 0.25) is 0 Å². The molecule has 0 aromatic heterocycles. The maximum atomic E-state index is 13.7. The third kappa shape index (κ3) is 11.4. The van der Waals surface area contributed by atoms with E-state index in [-0.39, 0.29) is 13.2 Å². The fourth-order valence-electron chi connectivity index (χ4n) is 4.62. The van der Waals surface area contributed by atoms with E-state index in [4.69, 9.17) is 23.7 Å². The summed E-state index contributed by atoms with van der Waals surface area (Å²) in [6.45, 7) is -1.13. The first-order valence-electron chi connectivity index (χ1n) is 15.1. The van der Waals surface area contributed by atoms with Crippen molar-refractivity contribution in [2.45, 2.75) is 63.1 Å². The maximum absolute atomic E-state index is 13.7. The first kappa shape index (κ1) is 35.9. The van der Waals surface area contributed by atoms with E-state index in [1.165, 1.54) is 5.32 Å². The third-order valence-corrected chi connectivity index (χ3v) is 7.07. The molecule has 14 heteroatoms. The second-order valence-corrected chi connectivity index (χ2v) is 10.7. The Morgan fingerprint density at radius 2 is 1.33 bits per heavy atom. The topological polar surface area (TPSA) is 138 Å². The van der Waals surface area contributed by atoms with E-state index in [0.29, 0.717) is 29.7 Å². The van der Waals surface area contributed by atoms with Gasteiger partial charge in [-0.1, -0.05) is 91.0 Å². The van der Waals surface area contributed by atoms with Crippen LogP contribution in [0, 0.1) is 0 Å². The van der Waals surface area contributed by atoms with Crippen molar-refractivity contribution >= 4 is 23.9 Å². The molecule has 0 bridgehead atoms. The molecule has 1 heterocycles. The Labute approximate surface area is 274 Å². The first-order chi connectivity index (χ1) is 23.1. The summed E-state index contributed by atoms with van der Waals surface area (Å²) in [5, 5.41) is 3.95. The smallest absolute Gasteiger partial charge is 0.461 e. The number of benzene rings is 3. The van der Waals surface area contributed by atoms with Crippen LogP contribution in [-0.4, -0.2) is 61.7 Å². The molecule has 3 aromatic rings. The maximum Gasteiger partial charge on any atom is 0.471 e. The molecule has 0 radical (unpaired) electrons. The van der Waals surface area contributed by atoms with Crippen molar-refractivity contribution in [2.75, 3.05) is 13.2 Å². The van der Waals surface area contributed by atoms with E-state index in [2.05, 4.69) is 5.32 Å². The summed E-state index contributed by atoms with van der Waals surface area (Å²) >= 11 is 0. The van der Waals surface area contributed by atoms with Crippen LogP contribution in [0.2, 0.25) is 0 Å². The van der Waals surface area contributed by atoms with Crippen LogP contribution in [0.1, 0.15) is 42.1 Å². The Kier molecular flexibility index (Phi) is 13.3. The van der Waals surface area contributed by atoms with Gasteiger partial charge >= 0.3 is 30.1 Å². The molecule has 4 rings (SSSR count). The zero-order valence-electron chi connectivity index (χ0n) is 25.7. The Morgan fingerprint density at radius 3 is 1.90 bits per heavy atom. The lowest BCUT2D eigenvalue weighted by atomic mass is 10.0. The van der Waals surface area contributed by atoms with Gasteiger partial charge in [-0.15, -0.1) is 0 Å². The van der Waals surface area contributed by atoms with Gasteiger partial charge in [0.05, 0.1) is 0 Å². The largest absolute Gasteiger partial charge is 0.471 e. The predicted octanol–water partition coefficient (Wildman–Crippen LogP) is 4.90. The third-order valence-electron chi connectivity index (χ3n) is 7.07. The molecule has 4 atom stereocenters. The van der Waals surface area contributed by atoms with Crippen LogP contribution < -0.4 is 10.6 Å². The zero-order chi connectivity index (χ0) is 34.4. The minimum atomic E-state index is -5.35. The van der Waals surface area contributed by atoms with Crippen molar-refractivity contribution in [3.8, 4) is 0 Å². The van der Waals surface area contributed by atoms with E-state index in [1.807, 2.05) is 0 Å².